The number of carbonyl (C=O) groups is 1. The number of hydrogen-bond donors (Lipinski definition) is 0. The Morgan fingerprint density at radius 2 is 1.71 bits per heavy atom. The number of benzene rings is 1. The monoisotopic (exact) mass is 584 g/mol. The highest BCUT2D eigenvalue weighted by Gasteiger charge is 2.71. The molecule has 0 N–H and O–H groups in total. The van der Waals surface area contributed by atoms with Crippen LogP contribution < -0.4 is 0 Å². The largest absolute Gasteiger partial charge is 0.349 e. The van der Waals surface area contributed by atoms with Crippen LogP contribution in [0, 0.1) is 59.2 Å². The van der Waals surface area contributed by atoms with Gasteiger partial charge in [-0.05, 0) is 99.0 Å². The van der Waals surface area contributed by atoms with Crippen LogP contribution in [0.3, 0.4) is 0 Å². The van der Waals surface area contributed by atoms with Gasteiger partial charge in [-0.2, -0.15) is 8.42 Å². The third kappa shape index (κ3) is 4.18. The van der Waals surface area contributed by atoms with Crippen molar-refractivity contribution in [2.75, 3.05) is 6.61 Å². The van der Waals surface area contributed by atoms with E-state index in [1.54, 1.807) is 12.1 Å². The molecule has 4 aliphatic carbocycles. The summed E-state index contributed by atoms with van der Waals surface area (Å²) in [4.78, 5) is 14.5. The average molecular weight is 585 g/mol. The zero-order valence-electron chi connectivity index (χ0n) is 25.4. The summed E-state index contributed by atoms with van der Waals surface area (Å²) in [7, 11) is -3.79. The van der Waals surface area contributed by atoms with Crippen LogP contribution in [-0.2, 0) is 28.6 Å². The third-order valence-corrected chi connectivity index (χ3v) is 14.7. The van der Waals surface area contributed by atoms with Gasteiger partial charge >= 0.3 is 0 Å². The van der Waals surface area contributed by atoms with E-state index in [9.17, 15) is 13.2 Å². The quantitative estimate of drug-likeness (QED) is 0.368. The van der Waals surface area contributed by atoms with E-state index in [0.29, 0.717) is 41.8 Å². The first-order valence-corrected chi connectivity index (χ1v) is 17.6. The summed E-state index contributed by atoms with van der Waals surface area (Å²) in [5.74, 6) is 2.58. The number of ether oxygens (including phenoxy) is 2. The minimum absolute atomic E-state index is 0.0431. The van der Waals surface area contributed by atoms with Crippen molar-refractivity contribution in [3.63, 3.8) is 0 Å². The molecule has 0 radical (unpaired) electrons. The molecule has 7 rings (SSSR count). The zero-order valence-corrected chi connectivity index (χ0v) is 26.3. The van der Waals surface area contributed by atoms with Gasteiger partial charge in [-0.1, -0.05) is 45.4 Å². The lowest BCUT2D eigenvalue weighted by Gasteiger charge is -2.60. The molecule has 12 atom stereocenters. The van der Waals surface area contributed by atoms with Gasteiger partial charge < -0.3 is 9.47 Å². The molecular weight excluding hydrogens is 536 g/mol. The molecular formula is C34H48O6S. The number of aryl methyl sites for hydroxylation is 1. The summed E-state index contributed by atoms with van der Waals surface area (Å²) < 4.78 is 45.2. The van der Waals surface area contributed by atoms with Crippen molar-refractivity contribution in [2.24, 2.45) is 52.3 Å². The molecule has 0 amide bonds. The highest BCUT2D eigenvalue weighted by atomic mass is 32.2. The Hall–Kier alpha value is -1.28. The van der Waals surface area contributed by atoms with E-state index in [-0.39, 0.29) is 39.8 Å². The van der Waals surface area contributed by atoms with Gasteiger partial charge in [0.1, 0.15) is 5.78 Å². The summed E-state index contributed by atoms with van der Waals surface area (Å²) in [6.45, 7) is 11.9. The fourth-order valence-corrected chi connectivity index (χ4v) is 12.1. The van der Waals surface area contributed by atoms with Crippen molar-refractivity contribution < 1.29 is 26.9 Å². The number of Topliss-reactive ketones (excluding diaryl/α,β-unsaturated/α-hetero) is 1. The lowest BCUT2D eigenvalue weighted by Crippen LogP contribution is -2.58. The normalized spacial score (nSPS) is 49.3. The van der Waals surface area contributed by atoms with Crippen LogP contribution in [0.1, 0.15) is 91.0 Å². The molecule has 6 fully saturated rings. The van der Waals surface area contributed by atoms with Gasteiger partial charge in [0.05, 0.1) is 23.7 Å². The maximum Gasteiger partial charge on any atom is 0.297 e. The van der Waals surface area contributed by atoms with E-state index >= 15 is 0 Å². The van der Waals surface area contributed by atoms with Crippen LogP contribution in [-0.4, -0.2) is 38.8 Å². The van der Waals surface area contributed by atoms with Crippen molar-refractivity contribution in [1.82, 2.24) is 0 Å². The molecule has 0 aromatic heterocycles. The Balaban J connectivity index is 1.08. The van der Waals surface area contributed by atoms with E-state index in [0.717, 1.165) is 63.5 Å². The first-order chi connectivity index (χ1) is 19.4. The zero-order chi connectivity index (χ0) is 28.9. The summed E-state index contributed by atoms with van der Waals surface area (Å²) >= 11 is 0. The highest BCUT2D eigenvalue weighted by Crippen LogP contribution is 2.70. The molecule has 2 aliphatic heterocycles. The number of hydrogen-bond acceptors (Lipinski definition) is 6. The number of ketones is 1. The topological polar surface area (TPSA) is 78.9 Å². The first kappa shape index (κ1) is 28.5. The van der Waals surface area contributed by atoms with E-state index < -0.39 is 15.9 Å². The molecule has 2 heterocycles. The van der Waals surface area contributed by atoms with Crippen LogP contribution in [0.2, 0.25) is 0 Å². The molecule has 226 valence electrons. The Morgan fingerprint density at radius 1 is 0.951 bits per heavy atom. The summed E-state index contributed by atoms with van der Waals surface area (Å²) in [5, 5.41) is 0. The second kappa shape index (κ2) is 9.61. The van der Waals surface area contributed by atoms with Gasteiger partial charge in [0.25, 0.3) is 10.1 Å². The molecule has 0 unspecified atom stereocenters. The summed E-state index contributed by atoms with van der Waals surface area (Å²) in [6.07, 6.45) is 8.09. The van der Waals surface area contributed by atoms with E-state index in [4.69, 9.17) is 13.7 Å². The molecule has 0 bridgehead atoms. The molecule has 6 aliphatic rings. The number of carbonyl (C=O) groups excluding carboxylic acids is 1. The van der Waals surface area contributed by atoms with Gasteiger partial charge in [-0.3, -0.25) is 8.98 Å². The van der Waals surface area contributed by atoms with Crippen LogP contribution in [0.5, 0.6) is 0 Å². The Labute approximate surface area is 246 Å². The maximum absolute atomic E-state index is 14.3. The van der Waals surface area contributed by atoms with Crippen LogP contribution in [0.4, 0.5) is 0 Å². The summed E-state index contributed by atoms with van der Waals surface area (Å²) in [6, 6.07) is 6.90. The smallest absolute Gasteiger partial charge is 0.297 e. The van der Waals surface area contributed by atoms with Crippen molar-refractivity contribution in [3.8, 4) is 0 Å². The molecule has 1 aromatic carbocycles. The van der Waals surface area contributed by atoms with Gasteiger partial charge in [0.2, 0.25) is 0 Å². The average Bonchev–Trinajstić information content (AvgIpc) is 3.38. The lowest BCUT2D eigenvalue weighted by molar-refractivity contribution is -0.272. The van der Waals surface area contributed by atoms with E-state index in [1.165, 1.54) is 0 Å². The van der Waals surface area contributed by atoms with Gasteiger partial charge in [0, 0.05) is 30.1 Å². The molecule has 2 saturated heterocycles. The second-order valence-electron chi connectivity index (χ2n) is 15.3. The fraction of sp³-hybridized carbons (Fsp3) is 0.794. The molecule has 1 spiro atoms. The van der Waals surface area contributed by atoms with Crippen LogP contribution in [0.25, 0.3) is 0 Å². The standard InChI is InChI=1S/C34H48O6S/c1-20-6-9-25(10-7-20)41(36,37)40-24-13-14-32(4)23(16-24)8-11-26-27(32)18-30(35)33(5)28(26)17-29-31(33)22(3)34(39-29)15-12-21(2)19-38-34/h6-7,9-10,21-24,26-29,31H,8,11-19H2,1-5H3/t21-,22-,23-,24+,26+,27+,28+,29-,31-,32-,33-,34+/m0/s1. The maximum atomic E-state index is 14.3. The minimum Gasteiger partial charge on any atom is -0.349 e. The van der Waals surface area contributed by atoms with Gasteiger partial charge in [0.15, 0.2) is 5.79 Å². The Morgan fingerprint density at radius 3 is 2.41 bits per heavy atom. The Bertz CT molecular complexity index is 1300. The lowest BCUT2D eigenvalue weighted by atomic mass is 9.44. The predicted molar refractivity (Wildman–Crippen MR) is 155 cm³/mol. The molecule has 6 nitrogen and oxygen atoms in total. The van der Waals surface area contributed by atoms with Crippen molar-refractivity contribution in [1.29, 1.82) is 0 Å². The number of fused-ring (bicyclic) bond motifs is 7. The highest BCUT2D eigenvalue weighted by molar-refractivity contribution is 7.86. The predicted octanol–water partition coefficient (Wildman–Crippen LogP) is 6.69. The summed E-state index contributed by atoms with van der Waals surface area (Å²) in [5.41, 5.74) is 0.726. The SMILES string of the molecule is Cc1ccc(S(=O)(=O)O[C@@H]2CC[C@@]3(C)[C@@H](CC[C@@H]4[C@H]3CC(=O)[C@@]3(C)[C@@H]5[C@H](C[C@H]43)O[C@]3(CC[C@H](C)CO3)[C@H]5C)C2)cc1. The van der Waals surface area contributed by atoms with Crippen molar-refractivity contribution in [2.45, 2.75) is 115 Å². The molecule has 41 heavy (non-hydrogen) atoms. The third-order valence-electron chi connectivity index (χ3n) is 13.3. The molecule has 1 aromatic rings. The van der Waals surface area contributed by atoms with Gasteiger partial charge in [-0.25, -0.2) is 0 Å². The molecule has 4 saturated carbocycles. The number of rotatable bonds is 3. The minimum atomic E-state index is -3.79. The van der Waals surface area contributed by atoms with Crippen LogP contribution >= 0.6 is 0 Å². The Kier molecular flexibility index (Phi) is 6.68. The van der Waals surface area contributed by atoms with E-state index in [1.807, 2.05) is 19.1 Å². The van der Waals surface area contributed by atoms with Crippen molar-refractivity contribution in [3.05, 3.63) is 29.8 Å². The molecule has 7 heteroatoms. The fourth-order valence-electron chi connectivity index (χ4n) is 10.9. The van der Waals surface area contributed by atoms with Gasteiger partial charge in [-0.15, -0.1) is 0 Å². The van der Waals surface area contributed by atoms with Crippen molar-refractivity contribution >= 4 is 15.9 Å². The van der Waals surface area contributed by atoms with E-state index in [2.05, 4.69) is 27.7 Å². The second-order valence-corrected chi connectivity index (χ2v) is 16.9. The van der Waals surface area contributed by atoms with Crippen LogP contribution in [0.15, 0.2) is 29.2 Å². The first-order valence-electron chi connectivity index (χ1n) is 16.2.